The number of aliphatic hydroxyl groups is 1. The molecular formula is C17H23N5O3. The molecule has 1 atom stereocenters. The van der Waals surface area contributed by atoms with Gasteiger partial charge in [0.15, 0.2) is 0 Å². The maximum Gasteiger partial charge on any atom is 0.227 e. The van der Waals surface area contributed by atoms with E-state index in [2.05, 4.69) is 20.0 Å². The van der Waals surface area contributed by atoms with Crippen molar-refractivity contribution in [3.8, 4) is 11.5 Å². The number of hydrogen-bond acceptors (Lipinski definition) is 7. The summed E-state index contributed by atoms with van der Waals surface area (Å²) in [6.45, 7) is 5.40. The third-order valence-corrected chi connectivity index (χ3v) is 4.16. The first-order valence-electron chi connectivity index (χ1n) is 8.54. The van der Waals surface area contributed by atoms with Crippen molar-refractivity contribution < 1.29 is 14.4 Å². The SMILES string of the molecule is C[C@@H](O)CN1CCN(C(=O)CCc2nc(-c3ccccn3)no2)CC1. The number of pyridine rings is 1. The van der Waals surface area contributed by atoms with Crippen LogP contribution in [0.2, 0.25) is 0 Å². The van der Waals surface area contributed by atoms with Crippen molar-refractivity contribution in [3.05, 3.63) is 30.3 Å². The molecule has 3 rings (SSSR count). The summed E-state index contributed by atoms with van der Waals surface area (Å²) in [5.74, 6) is 0.978. The van der Waals surface area contributed by atoms with Gasteiger partial charge < -0.3 is 14.5 Å². The van der Waals surface area contributed by atoms with E-state index < -0.39 is 0 Å². The largest absolute Gasteiger partial charge is 0.392 e. The zero-order valence-corrected chi connectivity index (χ0v) is 14.3. The predicted molar refractivity (Wildman–Crippen MR) is 90.6 cm³/mol. The molecule has 8 nitrogen and oxygen atoms in total. The van der Waals surface area contributed by atoms with E-state index in [4.69, 9.17) is 4.52 Å². The van der Waals surface area contributed by atoms with Crippen molar-refractivity contribution in [3.63, 3.8) is 0 Å². The average Bonchev–Trinajstić information content (AvgIpc) is 3.10. The van der Waals surface area contributed by atoms with E-state index in [1.54, 1.807) is 13.1 Å². The number of nitrogens with zero attached hydrogens (tertiary/aromatic N) is 5. The third kappa shape index (κ3) is 4.83. The average molecular weight is 345 g/mol. The zero-order chi connectivity index (χ0) is 17.6. The quantitative estimate of drug-likeness (QED) is 0.818. The molecule has 1 aliphatic heterocycles. The Morgan fingerprint density at radius 3 is 2.80 bits per heavy atom. The molecule has 3 heterocycles. The topological polar surface area (TPSA) is 95.6 Å². The fraction of sp³-hybridized carbons (Fsp3) is 0.529. The summed E-state index contributed by atoms with van der Waals surface area (Å²) >= 11 is 0. The van der Waals surface area contributed by atoms with E-state index in [0.717, 1.165) is 13.1 Å². The highest BCUT2D eigenvalue weighted by Crippen LogP contribution is 2.13. The maximum absolute atomic E-state index is 12.3. The van der Waals surface area contributed by atoms with Crippen LogP contribution in [0.3, 0.4) is 0 Å². The number of piperazine rings is 1. The van der Waals surface area contributed by atoms with Crippen molar-refractivity contribution in [2.75, 3.05) is 32.7 Å². The zero-order valence-electron chi connectivity index (χ0n) is 14.3. The van der Waals surface area contributed by atoms with Crippen LogP contribution in [0.25, 0.3) is 11.5 Å². The minimum Gasteiger partial charge on any atom is -0.392 e. The second kappa shape index (κ2) is 8.17. The Hall–Kier alpha value is -2.32. The number of rotatable bonds is 6. The Morgan fingerprint density at radius 2 is 2.12 bits per heavy atom. The highest BCUT2D eigenvalue weighted by Gasteiger charge is 2.22. The lowest BCUT2D eigenvalue weighted by molar-refractivity contribution is -0.133. The van der Waals surface area contributed by atoms with Crippen LogP contribution >= 0.6 is 0 Å². The molecule has 0 bridgehead atoms. The number of carbonyl (C=O) groups is 1. The fourth-order valence-electron chi connectivity index (χ4n) is 2.88. The highest BCUT2D eigenvalue weighted by atomic mass is 16.5. The number of aliphatic hydroxyl groups excluding tert-OH is 1. The van der Waals surface area contributed by atoms with Crippen LogP contribution in [0.4, 0.5) is 0 Å². The molecule has 0 unspecified atom stereocenters. The Balaban J connectivity index is 1.46. The van der Waals surface area contributed by atoms with Crippen molar-refractivity contribution >= 4 is 5.91 Å². The van der Waals surface area contributed by atoms with E-state index in [9.17, 15) is 9.90 Å². The standard InChI is InChI=1S/C17H23N5O3/c1-13(23)12-21-8-10-22(11-9-21)16(24)6-5-15-19-17(20-25-15)14-4-2-3-7-18-14/h2-4,7,13,23H,5-6,8-12H2,1H3/t13-/m1/s1. The van der Waals surface area contributed by atoms with E-state index >= 15 is 0 Å². The molecule has 0 spiro atoms. The van der Waals surface area contributed by atoms with Gasteiger partial charge in [0.2, 0.25) is 17.6 Å². The Labute approximate surface area is 146 Å². The van der Waals surface area contributed by atoms with Gasteiger partial charge in [0.1, 0.15) is 5.69 Å². The van der Waals surface area contributed by atoms with Crippen LogP contribution in [0.1, 0.15) is 19.2 Å². The summed E-state index contributed by atoms with van der Waals surface area (Å²) in [7, 11) is 0. The van der Waals surface area contributed by atoms with Crippen molar-refractivity contribution in [2.24, 2.45) is 0 Å². The Kier molecular flexibility index (Phi) is 5.72. The van der Waals surface area contributed by atoms with Crippen LogP contribution in [0.5, 0.6) is 0 Å². The molecule has 1 aliphatic rings. The molecular weight excluding hydrogens is 322 g/mol. The minimum atomic E-state index is -0.340. The summed E-state index contributed by atoms with van der Waals surface area (Å²) in [6, 6.07) is 5.50. The monoisotopic (exact) mass is 345 g/mol. The number of carbonyl (C=O) groups excluding carboxylic acids is 1. The van der Waals surface area contributed by atoms with Gasteiger partial charge in [-0.25, -0.2) is 0 Å². The van der Waals surface area contributed by atoms with Crippen LogP contribution in [0.15, 0.2) is 28.9 Å². The van der Waals surface area contributed by atoms with Crippen LogP contribution < -0.4 is 0 Å². The molecule has 2 aromatic rings. The smallest absolute Gasteiger partial charge is 0.227 e. The Bertz CT molecular complexity index is 681. The summed E-state index contributed by atoms with van der Waals surface area (Å²) in [6.07, 6.45) is 2.10. The summed E-state index contributed by atoms with van der Waals surface area (Å²) in [5, 5.41) is 13.3. The van der Waals surface area contributed by atoms with Gasteiger partial charge in [0, 0.05) is 51.8 Å². The van der Waals surface area contributed by atoms with Crippen LogP contribution in [0, 0.1) is 0 Å². The summed E-state index contributed by atoms with van der Waals surface area (Å²) in [5.41, 5.74) is 0.651. The maximum atomic E-state index is 12.3. The van der Waals surface area contributed by atoms with Gasteiger partial charge in [-0.1, -0.05) is 11.2 Å². The lowest BCUT2D eigenvalue weighted by atomic mass is 10.2. The first kappa shape index (κ1) is 17.5. The molecule has 0 aromatic carbocycles. The normalized spacial score (nSPS) is 16.8. The summed E-state index contributed by atoms with van der Waals surface area (Å²) in [4.78, 5) is 24.8. The van der Waals surface area contributed by atoms with Crippen molar-refractivity contribution in [1.82, 2.24) is 24.9 Å². The molecule has 1 fully saturated rings. The van der Waals surface area contributed by atoms with E-state index in [1.165, 1.54) is 0 Å². The first-order valence-corrected chi connectivity index (χ1v) is 8.54. The molecule has 1 saturated heterocycles. The van der Waals surface area contributed by atoms with E-state index in [1.807, 2.05) is 23.1 Å². The van der Waals surface area contributed by atoms with E-state index in [0.29, 0.717) is 49.9 Å². The van der Waals surface area contributed by atoms with Gasteiger partial charge in [-0.3, -0.25) is 14.7 Å². The van der Waals surface area contributed by atoms with Gasteiger partial charge in [-0.05, 0) is 19.1 Å². The number of amides is 1. The van der Waals surface area contributed by atoms with Gasteiger partial charge in [0.05, 0.1) is 6.10 Å². The van der Waals surface area contributed by atoms with E-state index in [-0.39, 0.29) is 12.0 Å². The van der Waals surface area contributed by atoms with Gasteiger partial charge in [-0.2, -0.15) is 4.98 Å². The van der Waals surface area contributed by atoms with Crippen molar-refractivity contribution in [1.29, 1.82) is 0 Å². The molecule has 1 amide bonds. The van der Waals surface area contributed by atoms with Gasteiger partial charge in [0.25, 0.3) is 0 Å². The number of β-amino-alcohol motifs (C(OH)–C–C–N with tert-alkyl or cyclic N) is 1. The molecule has 1 N–H and O–H groups in total. The lowest BCUT2D eigenvalue weighted by Crippen LogP contribution is -2.50. The first-order chi connectivity index (χ1) is 12.1. The molecule has 134 valence electrons. The molecule has 25 heavy (non-hydrogen) atoms. The van der Waals surface area contributed by atoms with Crippen LogP contribution in [-0.2, 0) is 11.2 Å². The molecule has 8 heteroatoms. The molecule has 0 saturated carbocycles. The number of hydrogen-bond donors (Lipinski definition) is 1. The molecule has 2 aromatic heterocycles. The number of aryl methyl sites for hydroxylation is 1. The minimum absolute atomic E-state index is 0.0919. The second-order valence-electron chi connectivity index (χ2n) is 6.26. The summed E-state index contributed by atoms with van der Waals surface area (Å²) < 4.78 is 5.21. The number of aromatic nitrogens is 3. The van der Waals surface area contributed by atoms with Crippen LogP contribution in [-0.4, -0.2) is 74.8 Å². The Morgan fingerprint density at radius 1 is 1.32 bits per heavy atom. The molecule has 0 radical (unpaired) electrons. The highest BCUT2D eigenvalue weighted by molar-refractivity contribution is 5.76. The van der Waals surface area contributed by atoms with Crippen molar-refractivity contribution in [2.45, 2.75) is 25.9 Å². The molecule has 0 aliphatic carbocycles. The lowest BCUT2D eigenvalue weighted by Gasteiger charge is -2.35. The van der Waals surface area contributed by atoms with Gasteiger partial charge in [-0.15, -0.1) is 0 Å². The second-order valence-corrected chi connectivity index (χ2v) is 6.26. The third-order valence-electron chi connectivity index (χ3n) is 4.16. The predicted octanol–water partition coefficient (Wildman–Crippen LogP) is 0.589. The fourth-order valence-corrected chi connectivity index (χ4v) is 2.88. The van der Waals surface area contributed by atoms with Gasteiger partial charge >= 0.3 is 0 Å².